The predicted molar refractivity (Wildman–Crippen MR) is 95.9 cm³/mol. The molecule has 0 unspecified atom stereocenters. The van der Waals surface area contributed by atoms with Crippen LogP contribution in [0.25, 0.3) is 0 Å². The highest BCUT2D eigenvalue weighted by Gasteiger charge is 2.51. The van der Waals surface area contributed by atoms with E-state index >= 15 is 0 Å². The van der Waals surface area contributed by atoms with Gasteiger partial charge < -0.3 is 14.8 Å². The van der Waals surface area contributed by atoms with Crippen LogP contribution < -0.4 is 14.8 Å². The van der Waals surface area contributed by atoms with Crippen LogP contribution >= 0.6 is 15.9 Å². The molecule has 1 saturated carbocycles. The van der Waals surface area contributed by atoms with Crippen molar-refractivity contribution in [2.75, 3.05) is 18.5 Å². The fraction of sp³-hybridized carbons (Fsp3) is 0.316. The molecule has 2 aromatic carbocycles. The Morgan fingerprint density at radius 3 is 2.54 bits per heavy atom. The molecule has 0 saturated heterocycles. The molecule has 1 amide bonds. The highest BCUT2D eigenvalue weighted by molar-refractivity contribution is 9.10. The van der Waals surface area contributed by atoms with Gasteiger partial charge in [-0.25, -0.2) is 0 Å². The number of carbonyl (C=O) groups excluding carboxylic acids is 1. The predicted octanol–water partition coefficient (Wildman–Crippen LogP) is 4.20. The van der Waals surface area contributed by atoms with E-state index in [4.69, 9.17) is 9.47 Å². The lowest BCUT2D eigenvalue weighted by Crippen LogP contribution is -2.28. The number of carbonyl (C=O) groups is 1. The van der Waals surface area contributed by atoms with Crippen LogP contribution in [0.2, 0.25) is 0 Å². The maximum absolute atomic E-state index is 12.9. The first-order valence-corrected chi connectivity index (χ1v) is 8.85. The summed E-state index contributed by atoms with van der Waals surface area (Å²) in [6.07, 6.45) is 1.71. The molecular formula is C19H18BrNO3. The van der Waals surface area contributed by atoms with Crippen molar-refractivity contribution in [3.8, 4) is 11.5 Å². The Morgan fingerprint density at radius 1 is 1.08 bits per heavy atom. The maximum Gasteiger partial charge on any atom is 0.235 e. The molecule has 1 heterocycles. The van der Waals surface area contributed by atoms with Gasteiger partial charge in [-0.2, -0.15) is 0 Å². The van der Waals surface area contributed by atoms with Gasteiger partial charge in [0.25, 0.3) is 0 Å². The molecule has 0 bridgehead atoms. The van der Waals surface area contributed by atoms with Crippen molar-refractivity contribution in [2.24, 2.45) is 0 Å². The minimum atomic E-state index is -0.448. The van der Waals surface area contributed by atoms with Gasteiger partial charge in [0.2, 0.25) is 5.91 Å². The van der Waals surface area contributed by atoms with Crippen LogP contribution in [-0.4, -0.2) is 19.1 Å². The topological polar surface area (TPSA) is 47.6 Å². The number of nitrogens with one attached hydrogen (secondary N) is 1. The number of hydrogen-bond donors (Lipinski definition) is 1. The van der Waals surface area contributed by atoms with E-state index in [9.17, 15) is 4.79 Å². The summed E-state index contributed by atoms with van der Waals surface area (Å²) in [7, 11) is 0. The molecule has 0 atom stereocenters. The Morgan fingerprint density at radius 2 is 1.83 bits per heavy atom. The van der Waals surface area contributed by atoms with E-state index in [1.54, 1.807) is 0 Å². The van der Waals surface area contributed by atoms with Crippen molar-refractivity contribution in [1.82, 2.24) is 0 Å². The molecule has 2 aliphatic rings. The molecule has 24 heavy (non-hydrogen) atoms. The molecule has 1 N–H and O–H groups in total. The molecule has 124 valence electrons. The molecule has 1 fully saturated rings. The van der Waals surface area contributed by atoms with Crippen molar-refractivity contribution in [3.05, 3.63) is 52.0 Å². The molecule has 2 aromatic rings. The fourth-order valence-electron chi connectivity index (χ4n) is 3.09. The van der Waals surface area contributed by atoms with E-state index in [2.05, 4.69) is 21.2 Å². The van der Waals surface area contributed by atoms with Gasteiger partial charge in [-0.15, -0.1) is 0 Å². The second-order valence-electron chi connectivity index (χ2n) is 6.36. The van der Waals surface area contributed by atoms with Crippen molar-refractivity contribution < 1.29 is 14.3 Å². The lowest BCUT2D eigenvalue weighted by atomic mass is 9.94. The van der Waals surface area contributed by atoms with E-state index < -0.39 is 5.41 Å². The summed E-state index contributed by atoms with van der Waals surface area (Å²) in [5, 5.41) is 3.06. The summed E-state index contributed by atoms with van der Waals surface area (Å²) >= 11 is 3.48. The standard InChI is InChI=1S/C19H18BrNO3/c1-12-10-14(3-4-15(12)20)21-18(22)19(6-7-19)13-2-5-16-17(11-13)24-9-8-23-16/h2-5,10-11H,6-9H2,1H3,(H,21,22). The summed E-state index contributed by atoms with van der Waals surface area (Å²) in [5.41, 5.74) is 2.47. The number of fused-ring (bicyclic) bond motifs is 1. The first kappa shape index (κ1) is 15.5. The fourth-order valence-corrected chi connectivity index (χ4v) is 3.33. The zero-order chi connectivity index (χ0) is 16.7. The van der Waals surface area contributed by atoms with E-state index in [1.165, 1.54) is 0 Å². The number of aryl methyl sites for hydroxylation is 1. The van der Waals surface area contributed by atoms with Gasteiger partial charge in [-0.3, -0.25) is 4.79 Å². The summed E-state index contributed by atoms with van der Waals surface area (Å²) in [4.78, 5) is 12.9. The molecule has 1 aliphatic carbocycles. The Bertz CT molecular complexity index is 814. The van der Waals surface area contributed by atoms with E-state index in [-0.39, 0.29) is 5.91 Å². The number of amides is 1. The van der Waals surface area contributed by atoms with Crippen LogP contribution in [0.5, 0.6) is 11.5 Å². The van der Waals surface area contributed by atoms with Crippen LogP contribution in [0.15, 0.2) is 40.9 Å². The smallest absolute Gasteiger partial charge is 0.235 e. The number of rotatable bonds is 3. The lowest BCUT2D eigenvalue weighted by molar-refractivity contribution is -0.118. The molecule has 0 spiro atoms. The summed E-state index contributed by atoms with van der Waals surface area (Å²) in [6.45, 7) is 3.13. The molecule has 4 rings (SSSR count). The van der Waals surface area contributed by atoms with E-state index in [0.717, 1.165) is 45.6 Å². The first-order chi connectivity index (χ1) is 11.6. The van der Waals surface area contributed by atoms with Crippen molar-refractivity contribution in [3.63, 3.8) is 0 Å². The Hall–Kier alpha value is -2.01. The third kappa shape index (κ3) is 2.67. The monoisotopic (exact) mass is 387 g/mol. The minimum Gasteiger partial charge on any atom is -0.486 e. The van der Waals surface area contributed by atoms with Crippen LogP contribution in [0.3, 0.4) is 0 Å². The van der Waals surface area contributed by atoms with Gasteiger partial charge in [-0.1, -0.05) is 22.0 Å². The van der Waals surface area contributed by atoms with E-state index in [1.807, 2.05) is 43.3 Å². The van der Waals surface area contributed by atoms with E-state index in [0.29, 0.717) is 13.2 Å². The highest BCUT2D eigenvalue weighted by atomic mass is 79.9. The Kier molecular flexibility index (Phi) is 3.76. The highest BCUT2D eigenvalue weighted by Crippen LogP contribution is 2.50. The number of hydrogen-bond acceptors (Lipinski definition) is 3. The van der Waals surface area contributed by atoms with Crippen molar-refractivity contribution in [2.45, 2.75) is 25.2 Å². The molecule has 0 aromatic heterocycles. The SMILES string of the molecule is Cc1cc(NC(=O)C2(c3ccc4c(c3)OCCO4)CC2)ccc1Br. The van der Waals surface area contributed by atoms with Crippen LogP contribution in [0.4, 0.5) is 5.69 Å². The van der Waals surface area contributed by atoms with Crippen LogP contribution in [0, 0.1) is 6.92 Å². The minimum absolute atomic E-state index is 0.0425. The molecular weight excluding hydrogens is 370 g/mol. The normalized spacial score (nSPS) is 17.2. The Labute approximate surface area is 149 Å². The number of halogens is 1. The summed E-state index contributed by atoms with van der Waals surface area (Å²) < 4.78 is 12.2. The van der Waals surface area contributed by atoms with Crippen LogP contribution in [0.1, 0.15) is 24.0 Å². The molecule has 4 nitrogen and oxygen atoms in total. The maximum atomic E-state index is 12.9. The molecule has 5 heteroatoms. The van der Waals surface area contributed by atoms with Crippen LogP contribution in [-0.2, 0) is 10.2 Å². The van der Waals surface area contributed by atoms with Gasteiger partial charge in [0.05, 0.1) is 5.41 Å². The number of ether oxygens (including phenoxy) is 2. The lowest BCUT2D eigenvalue weighted by Gasteiger charge is -2.21. The average Bonchev–Trinajstić information content (AvgIpc) is 3.40. The molecule has 1 aliphatic heterocycles. The third-order valence-electron chi connectivity index (χ3n) is 4.70. The number of benzene rings is 2. The summed E-state index contributed by atoms with van der Waals surface area (Å²) in [5.74, 6) is 1.53. The van der Waals surface area contributed by atoms with Gasteiger partial charge >= 0.3 is 0 Å². The molecule has 0 radical (unpaired) electrons. The van der Waals surface area contributed by atoms with Gasteiger partial charge in [0, 0.05) is 10.2 Å². The zero-order valence-corrected chi connectivity index (χ0v) is 15.0. The largest absolute Gasteiger partial charge is 0.486 e. The van der Waals surface area contributed by atoms with Gasteiger partial charge in [0.15, 0.2) is 11.5 Å². The third-order valence-corrected chi connectivity index (χ3v) is 5.58. The Balaban J connectivity index is 1.58. The quantitative estimate of drug-likeness (QED) is 0.858. The van der Waals surface area contributed by atoms with Crippen molar-refractivity contribution >= 4 is 27.5 Å². The first-order valence-electron chi connectivity index (χ1n) is 8.06. The second-order valence-corrected chi connectivity index (χ2v) is 7.21. The average molecular weight is 388 g/mol. The van der Waals surface area contributed by atoms with Crippen molar-refractivity contribution in [1.29, 1.82) is 0 Å². The van der Waals surface area contributed by atoms with Gasteiger partial charge in [-0.05, 0) is 61.2 Å². The second kappa shape index (κ2) is 5.81. The zero-order valence-electron chi connectivity index (χ0n) is 13.4. The van der Waals surface area contributed by atoms with Gasteiger partial charge in [0.1, 0.15) is 13.2 Å². The number of anilines is 1. The summed E-state index contributed by atoms with van der Waals surface area (Å²) in [6, 6.07) is 11.7.